The first-order chi connectivity index (χ1) is 10.5. The second-order valence-corrected chi connectivity index (χ2v) is 6.17. The van der Waals surface area contributed by atoms with Crippen LogP contribution in [0, 0.1) is 19.8 Å². The Kier molecular flexibility index (Phi) is 3.64. The summed E-state index contributed by atoms with van der Waals surface area (Å²) in [6, 6.07) is 5.83. The van der Waals surface area contributed by atoms with Crippen LogP contribution >= 0.6 is 0 Å². The quantitative estimate of drug-likeness (QED) is 0.815. The molecule has 0 bridgehead atoms. The third-order valence-corrected chi connectivity index (χ3v) is 4.71. The molecule has 5 nitrogen and oxygen atoms in total. The Morgan fingerprint density at radius 2 is 2.05 bits per heavy atom. The van der Waals surface area contributed by atoms with Crippen molar-refractivity contribution in [3.63, 3.8) is 0 Å². The first-order valence-electron chi connectivity index (χ1n) is 7.58. The van der Waals surface area contributed by atoms with Gasteiger partial charge in [-0.3, -0.25) is 9.59 Å². The fourth-order valence-electron chi connectivity index (χ4n) is 3.18. The zero-order valence-electron chi connectivity index (χ0n) is 12.8. The smallest absolute Gasteiger partial charge is 0.306 e. The Labute approximate surface area is 128 Å². The molecule has 3 rings (SSSR count). The number of rotatable bonds is 3. The molecule has 0 aliphatic heterocycles. The highest BCUT2D eigenvalue weighted by Gasteiger charge is 2.30. The lowest BCUT2D eigenvalue weighted by Gasteiger charge is -2.11. The van der Waals surface area contributed by atoms with Crippen LogP contribution in [-0.4, -0.2) is 28.0 Å². The maximum Gasteiger partial charge on any atom is 0.306 e. The Hall–Kier alpha value is -2.30. The van der Waals surface area contributed by atoms with Crippen molar-refractivity contribution in [1.29, 1.82) is 0 Å². The monoisotopic (exact) mass is 300 g/mol. The van der Waals surface area contributed by atoms with Crippen molar-refractivity contribution >= 4 is 22.8 Å². The summed E-state index contributed by atoms with van der Waals surface area (Å²) in [5.74, 6) is -1.27. The Morgan fingerprint density at radius 3 is 2.73 bits per heavy atom. The van der Waals surface area contributed by atoms with Crippen molar-refractivity contribution in [3.8, 4) is 0 Å². The van der Waals surface area contributed by atoms with E-state index in [0.29, 0.717) is 18.5 Å². The number of hydrogen-bond donors (Lipinski definition) is 3. The van der Waals surface area contributed by atoms with Crippen LogP contribution in [0.5, 0.6) is 0 Å². The molecule has 1 aromatic heterocycles. The lowest BCUT2D eigenvalue weighted by molar-refractivity contribution is -0.141. The number of hydrogen-bond acceptors (Lipinski definition) is 2. The summed E-state index contributed by atoms with van der Waals surface area (Å²) in [6.07, 6.45) is 1.87. The molecule has 2 aromatic rings. The number of benzene rings is 1. The largest absolute Gasteiger partial charge is 0.481 e. The molecule has 1 aliphatic rings. The van der Waals surface area contributed by atoms with Gasteiger partial charge in [0, 0.05) is 16.9 Å². The third-order valence-electron chi connectivity index (χ3n) is 4.71. The van der Waals surface area contributed by atoms with Crippen LogP contribution in [0.4, 0.5) is 0 Å². The van der Waals surface area contributed by atoms with E-state index in [9.17, 15) is 9.59 Å². The number of carboxylic acid groups (broad SMARTS) is 1. The standard InChI is InChI=1S/C17H20N2O3/c1-9-3-6-14-13(10(9)2)8-15(19-14)16(20)18-12-5-4-11(7-12)17(21)22/h3,6,8,11-12,19H,4-5,7H2,1-2H3,(H,18,20)(H,21,22)/t11-,12-/m1/s1. The molecule has 0 radical (unpaired) electrons. The zero-order valence-corrected chi connectivity index (χ0v) is 12.8. The average Bonchev–Trinajstić information content (AvgIpc) is 3.09. The van der Waals surface area contributed by atoms with Gasteiger partial charge < -0.3 is 15.4 Å². The topological polar surface area (TPSA) is 82.2 Å². The van der Waals surface area contributed by atoms with Crippen LogP contribution < -0.4 is 5.32 Å². The van der Waals surface area contributed by atoms with Gasteiger partial charge in [0.05, 0.1) is 5.92 Å². The van der Waals surface area contributed by atoms with Gasteiger partial charge in [-0.2, -0.15) is 0 Å². The number of carbonyl (C=O) groups excluding carboxylic acids is 1. The van der Waals surface area contributed by atoms with Crippen molar-refractivity contribution in [3.05, 3.63) is 35.0 Å². The van der Waals surface area contributed by atoms with E-state index >= 15 is 0 Å². The Bertz CT molecular complexity index is 748. The van der Waals surface area contributed by atoms with Gasteiger partial charge >= 0.3 is 5.97 Å². The summed E-state index contributed by atoms with van der Waals surface area (Å²) in [7, 11) is 0. The molecule has 1 saturated carbocycles. The van der Waals surface area contributed by atoms with E-state index in [1.807, 2.05) is 32.0 Å². The Balaban J connectivity index is 1.76. The van der Waals surface area contributed by atoms with E-state index in [-0.39, 0.29) is 17.9 Å². The van der Waals surface area contributed by atoms with Gasteiger partial charge in [-0.15, -0.1) is 0 Å². The van der Waals surface area contributed by atoms with Crippen LogP contribution in [0.1, 0.15) is 40.9 Å². The minimum absolute atomic E-state index is 0.0529. The fraction of sp³-hybridized carbons (Fsp3) is 0.412. The molecule has 1 fully saturated rings. The predicted octanol–water partition coefficient (Wildman–Crippen LogP) is 2.77. The molecule has 3 N–H and O–H groups in total. The highest BCUT2D eigenvalue weighted by molar-refractivity contribution is 5.99. The van der Waals surface area contributed by atoms with E-state index in [4.69, 9.17) is 5.11 Å². The molecule has 2 atom stereocenters. The fourth-order valence-corrected chi connectivity index (χ4v) is 3.18. The molecule has 1 aliphatic carbocycles. The van der Waals surface area contributed by atoms with Crippen LogP contribution in [-0.2, 0) is 4.79 Å². The summed E-state index contributed by atoms with van der Waals surface area (Å²) in [5, 5.41) is 13.0. The van der Waals surface area contributed by atoms with E-state index in [2.05, 4.69) is 10.3 Å². The van der Waals surface area contributed by atoms with Crippen LogP contribution in [0.15, 0.2) is 18.2 Å². The molecule has 22 heavy (non-hydrogen) atoms. The van der Waals surface area contributed by atoms with Gasteiger partial charge in [0.2, 0.25) is 0 Å². The molecule has 1 heterocycles. The number of nitrogens with one attached hydrogen (secondary N) is 2. The third kappa shape index (κ3) is 2.58. The second-order valence-electron chi connectivity index (χ2n) is 6.17. The van der Waals surface area contributed by atoms with E-state index in [1.54, 1.807) is 0 Å². The SMILES string of the molecule is Cc1ccc2[nH]c(C(=O)N[C@@H]3CC[C@@H](C(=O)O)C3)cc2c1C. The van der Waals surface area contributed by atoms with E-state index in [1.165, 1.54) is 11.1 Å². The predicted molar refractivity (Wildman–Crippen MR) is 84.0 cm³/mol. The molecule has 116 valence electrons. The lowest BCUT2D eigenvalue weighted by Crippen LogP contribution is -2.33. The van der Waals surface area contributed by atoms with Crippen molar-refractivity contribution in [2.24, 2.45) is 5.92 Å². The zero-order chi connectivity index (χ0) is 15.9. The van der Waals surface area contributed by atoms with E-state index < -0.39 is 5.97 Å². The number of carboxylic acids is 1. The number of H-pyrrole nitrogens is 1. The van der Waals surface area contributed by atoms with Crippen molar-refractivity contribution in [2.45, 2.75) is 39.2 Å². The molecule has 0 saturated heterocycles. The second kappa shape index (κ2) is 5.48. The number of aliphatic carboxylic acids is 1. The molecular weight excluding hydrogens is 280 g/mol. The Morgan fingerprint density at radius 1 is 1.27 bits per heavy atom. The highest BCUT2D eigenvalue weighted by atomic mass is 16.4. The number of aryl methyl sites for hydroxylation is 2. The van der Waals surface area contributed by atoms with Crippen molar-refractivity contribution < 1.29 is 14.7 Å². The highest BCUT2D eigenvalue weighted by Crippen LogP contribution is 2.26. The first kappa shape index (κ1) is 14.6. The maximum atomic E-state index is 12.4. The number of aromatic nitrogens is 1. The van der Waals surface area contributed by atoms with Crippen LogP contribution in [0.3, 0.4) is 0 Å². The summed E-state index contributed by atoms with van der Waals surface area (Å²) in [4.78, 5) is 26.5. The summed E-state index contributed by atoms with van der Waals surface area (Å²) in [6.45, 7) is 4.09. The maximum absolute atomic E-state index is 12.4. The van der Waals surface area contributed by atoms with Gasteiger partial charge in [-0.25, -0.2) is 0 Å². The van der Waals surface area contributed by atoms with Crippen LogP contribution in [0.25, 0.3) is 10.9 Å². The molecule has 1 amide bonds. The number of fused-ring (bicyclic) bond motifs is 1. The lowest BCUT2D eigenvalue weighted by atomic mass is 10.1. The molecule has 5 heteroatoms. The van der Waals surface area contributed by atoms with Gasteiger partial charge in [-0.05, 0) is 56.4 Å². The average molecular weight is 300 g/mol. The van der Waals surface area contributed by atoms with E-state index in [0.717, 1.165) is 17.3 Å². The molecule has 1 aromatic carbocycles. The number of aromatic amines is 1. The van der Waals surface area contributed by atoms with Gasteiger partial charge in [-0.1, -0.05) is 6.07 Å². The number of amides is 1. The summed E-state index contributed by atoms with van der Waals surface area (Å²) >= 11 is 0. The minimum Gasteiger partial charge on any atom is -0.481 e. The van der Waals surface area contributed by atoms with Crippen LogP contribution in [0.2, 0.25) is 0 Å². The first-order valence-corrected chi connectivity index (χ1v) is 7.58. The summed E-state index contributed by atoms with van der Waals surface area (Å²) < 4.78 is 0. The van der Waals surface area contributed by atoms with Gasteiger partial charge in [0.15, 0.2) is 0 Å². The summed E-state index contributed by atoms with van der Waals surface area (Å²) in [5.41, 5.74) is 3.84. The minimum atomic E-state index is -0.770. The van der Waals surface area contributed by atoms with Crippen molar-refractivity contribution in [2.75, 3.05) is 0 Å². The molecule has 0 spiro atoms. The van der Waals surface area contributed by atoms with Crippen molar-refractivity contribution in [1.82, 2.24) is 10.3 Å². The normalized spacial score (nSPS) is 21.2. The molecular formula is C17H20N2O3. The van der Waals surface area contributed by atoms with Gasteiger partial charge in [0.1, 0.15) is 5.69 Å². The van der Waals surface area contributed by atoms with Gasteiger partial charge in [0.25, 0.3) is 5.91 Å². The molecule has 0 unspecified atom stereocenters. The number of carbonyl (C=O) groups is 2.